The van der Waals surface area contributed by atoms with Gasteiger partial charge in [-0.1, -0.05) is 11.6 Å². The standard InChI is InChI=1S/C19H25N5O/c1-5-24-11-21-23-17(24)6-7-20-18(25)10-15-14(4)22-19-13(3)8-12(2)9-16(15)19/h8-9,11,22H,5-7,10H2,1-4H3,(H,20,25). The number of aromatic amines is 1. The SMILES string of the molecule is CCn1cnnc1CCNC(=O)Cc1c(C)[nH]c2c(C)cc(C)cc12. The number of benzene rings is 1. The lowest BCUT2D eigenvalue weighted by molar-refractivity contribution is -0.120. The van der Waals surface area contributed by atoms with Crippen LogP contribution in [0.3, 0.4) is 0 Å². The quantitative estimate of drug-likeness (QED) is 0.725. The van der Waals surface area contributed by atoms with Gasteiger partial charge in [-0.05, 0) is 44.9 Å². The number of carbonyl (C=O) groups is 1. The first-order valence-corrected chi connectivity index (χ1v) is 8.71. The summed E-state index contributed by atoms with van der Waals surface area (Å²) >= 11 is 0. The topological polar surface area (TPSA) is 75.6 Å². The lowest BCUT2D eigenvalue weighted by Gasteiger charge is -2.07. The molecule has 0 fully saturated rings. The van der Waals surface area contributed by atoms with E-state index in [0.29, 0.717) is 19.4 Å². The molecule has 1 aromatic carbocycles. The molecule has 0 aliphatic heterocycles. The Kier molecular flexibility index (Phi) is 4.88. The highest BCUT2D eigenvalue weighted by atomic mass is 16.1. The molecule has 132 valence electrons. The van der Waals surface area contributed by atoms with Crippen molar-refractivity contribution in [3.8, 4) is 0 Å². The molecule has 0 spiro atoms. The van der Waals surface area contributed by atoms with E-state index in [4.69, 9.17) is 0 Å². The number of H-pyrrole nitrogens is 1. The third-order valence-corrected chi connectivity index (χ3v) is 4.61. The third kappa shape index (κ3) is 3.57. The number of fused-ring (bicyclic) bond motifs is 1. The molecule has 6 heteroatoms. The maximum Gasteiger partial charge on any atom is 0.224 e. The largest absolute Gasteiger partial charge is 0.358 e. The molecule has 6 nitrogen and oxygen atoms in total. The summed E-state index contributed by atoms with van der Waals surface area (Å²) < 4.78 is 1.99. The molecule has 2 aromatic heterocycles. The van der Waals surface area contributed by atoms with Gasteiger partial charge in [0.2, 0.25) is 5.91 Å². The summed E-state index contributed by atoms with van der Waals surface area (Å²) in [6.45, 7) is 9.67. The van der Waals surface area contributed by atoms with E-state index >= 15 is 0 Å². The van der Waals surface area contributed by atoms with Crippen LogP contribution in [-0.2, 0) is 24.2 Å². The van der Waals surface area contributed by atoms with Gasteiger partial charge in [0.05, 0.1) is 6.42 Å². The van der Waals surface area contributed by atoms with E-state index in [9.17, 15) is 4.79 Å². The molecule has 0 aliphatic rings. The summed E-state index contributed by atoms with van der Waals surface area (Å²) in [5.41, 5.74) is 5.69. The van der Waals surface area contributed by atoms with E-state index in [0.717, 1.165) is 34.5 Å². The number of nitrogens with zero attached hydrogens (tertiary/aromatic N) is 3. The van der Waals surface area contributed by atoms with Crippen molar-refractivity contribution in [2.24, 2.45) is 0 Å². The molecule has 1 amide bonds. The molecule has 2 heterocycles. The van der Waals surface area contributed by atoms with Crippen LogP contribution in [-0.4, -0.2) is 32.2 Å². The highest BCUT2D eigenvalue weighted by Gasteiger charge is 2.14. The molecular formula is C19H25N5O. The van der Waals surface area contributed by atoms with Gasteiger partial charge in [0.25, 0.3) is 0 Å². The van der Waals surface area contributed by atoms with Crippen molar-refractivity contribution in [2.45, 2.75) is 47.1 Å². The normalized spacial score (nSPS) is 11.2. The summed E-state index contributed by atoms with van der Waals surface area (Å²) in [5, 5.41) is 12.1. The Bertz CT molecular complexity index is 906. The summed E-state index contributed by atoms with van der Waals surface area (Å²) in [6, 6.07) is 4.31. The number of hydrogen-bond acceptors (Lipinski definition) is 3. The molecule has 0 unspecified atom stereocenters. The van der Waals surface area contributed by atoms with Gasteiger partial charge in [-0.2, -0.15) is 0 Å². The summed E-state index contributed by atoms with van der Waals surface area (Å²) in [4.78, 5) is 15.8. The smallest absolute Gasteiger partial charge is 0.224 e. The van der Waals surface area contributed by atoms with Crippen molar-refractivity contribution < 1.29 is 4.79 Å². The Morgan fingerprint density at radius 2 is 2.08 bits per heavy atom. The average Bonchev–Trinajstić information content (AvgIpc) is 3.13. The second kappa shape index (κ2) is 7.09. The fourth-order valence-electron chi connectivity index (χ4n) is 3.34. The Morgan fingerprint density at radius 3 is 2.84 bits per heavy atom. The predicted octanol–water partition coefficient (Wildman–Crippen LogP) is 2.61. The molecule has 0 saturated heterocycles. The Labute approximate surface area is 147 Å². The van der Waals surface area contributed by atoms with E-state index in [1.54, 1.807) is 6.33 Å². The first-order valence-electron chi connectivity index (χ1n) is 8.71. The molecule has 3 aromatic rings. The second-order valence-corrected chi connectivity index (χ2v) is 6.54. The fourth-order valence-corrected chi connectivity index (χ4v) is 3.34. The van der Waals surface area contributed by atoms with E-state index in [2.05, 4.69) is 53.4 Å². The number of aryl methyl sites for hydroxylation is 4. The maximum absolute atomic E-state index is 12.4. The molecule has 0 radical (unpaired) electrons. The van der Waals surface area contributed by atoms with Crippen LogP contribution in [0.25, 0.3) is 10.9 Å². The Morgan fingerprint density at radius 1 is 1.28 bits per heavy atom. The zero-order chi connectivity index (χ0) is 18.0. The molecule has 0 aliphatic carbocycles. The number of nitrogens with one attached hydrogen (secondary N) is 2. The van der Waals surface area contributed by atoms with E-state index in [1.165, 1.54) is 11.1 Å². The average molecular weight is 339 g/mol. The van der Waals surface area contributed by atoms with Crippen molar-refractivity contribution in [1.29, 1.82) is 0 Å². The predicted molar refractivity (Wildman–Crippen MR) is 98.6 cm³/mol. The van der Waals surface area contributed by atoms with Crippen LogP contribution >= 0.6 is 0 Å². The third-order valence-electron chi connectivity index (χ3n) is 4.61. The van der Waals surface area contributed by atoms with Crippen molar-refractivity contribution in [3.63, 3.8) is 0 Å². The maximum atomic E-state index is 12.4. The molecule has 0 atom stereocenters. The monoisotopic (exact) mass is 339 g/mol. The lowest BCUT2D eigenvalue weighted by atomic mass is 10.0. The zero-order valence-corrected chi connectivity index (χ0v) is 15.3. The molecular weight excluding hydrogens is 314 g/mol. The highest BCUT2D eigenvalue weighted by molar-refractivity contribution is 5.92. The highest BCUT2D eigenvalue weighted by Crippen LogP contribution is 2.26. The molecule has 0 bridgehead atoms. The van der Waals surface area contributed by atoms with Crippen molar-refractivity contribution in [3.05, 3.63) is 46.7 Å². The van der Waals surface area contributed by atoms with Crippen LogP contribution in [0.1, 0.15) is 35.1 Å². The van der Waals surface area contributed by atoms with Gasteiger partial charge in [-0.15, -0.1) is 10.2 Å². The number of carbonyl (C=O) groups excluding carboxylic acids is 1. The van der Waals surface area contributed by atoms with Gasteiger partial charge in [-0.25, -0.2) is 0 Å². The van der Waals surface area contributed by atoms with Gasteiger partial charge < -0.3 is 14.9 Å². The van der Waals surface area contributed by atoms with Gasteiger partial charge in [-0.3, -0.25) is 4.79 Å². The van der Waals surface area contributed by atoms with Crippen LogP contribution in [0.5, 0.6) is 0 Å². The zero-order valence-electron chi connectivity index (χ0n) is 15.3. The van der Waals surface area contributed by atoms with Crippen LogP contribution in [0.2, 0.25) is 0 Å². The van der Waals surface area contributed by atoms with Crippen LogP contribution in [0.15, 0.2) is 18.5 Å². The second-order valence-electron chi connectivity index (χ2n) is 6.54. The van der Waals surface area contributed by atoms with Gasteiger partial charge in [0.1, 0.15) is 12.2 Å². The van der Waals surface area contributed by atoms with E-state index in [-0.39, 0.29) is 5.91 Å². The summed E-state index contributed by atoms with van der Waals surface area (Å²) in [7, 11) is 0. The van der Waals surface area contributed by atoms with Gasteiger partial charge >= 0.3 is 0 Å². The Hall–Kier alpha value is -2.63. The van der Waals surface area contributed by atoms with Crippen molar-refractivity contribution >= 4 is 16.8 Å². The summed E-state index contributed by atoms with van der Waals surface area (Å²) in [5.74, 6) is 0.933. The van der Waals surface area contributed by atoms with E-state index < -0.39 is 0 Å². The number of aromatic nitrogens is 4. The van der Waals surface area contributed by atoms with Gasteiger partial charge in [0.15, 0.2) is 0 Å². The summed E-state index contributed by atoms with van der Waals surface area (Å²) in [6.07, 6.45) is 2.79. The van der Waals surface area contributed by atoms with Crippen molar-refractivity contribution in [2.75, 3.05) is 6.54 Å². The van der Waals surface area contributed by atoms with Crippen LogP contribution < -0.4 is 5.32 Å². The minimum atomic E-state index is 0.0331. The number of rotatable bonds is 6. The van der Waals surface area contributed by atoms with E-state index in [1.807, 2.05) is 11.5 Å². The number of hydrogen-bond donors (Lipinski definition) is 2. The van der Waals surface area contributed by atoms with Crippen molar-refractivity contribution in [1.82, 2.24) is 25.1 Å². The molecule has 3 rings (SSSR count). The fraction of sp³-hybridized carbons (Fsp3) is 0.421. The minimum Gasteiger partial charge on any atom is -0.358 e. The first-order chi connectivity index (χ1) is 12.0. The van der Waals surface area contributed by atoms with Gasteiger partial charge in [0, 0.05) is 36.1 Å². The first kappa shape index (κ1) is 17.2. The molecule has 0 saturated carbocycles. The minimum absolute atomic E-state index is 0.0331. The molecule has 2 N–H and O–H groups in total. The molecule has 25 heavy (non-hydrogen) atoms. The Balaban J connectivity index is 1.67. The van der Waals surface area contributed by atoms with Crippen LogP contribution in [0, 0.1) is 20.8 Å². The lowest BCUT2D eigenvalue weighted by Crippen LogP contribution is -2.28. The number of amides is 1. The van der Waals surface area contributed by atoms with Crippen LogP contribution in [0.4, 0.5) is 0 Å².